The molecule has 1 aliphatic rings. The van der Waals surface area contributed by atoms with Gasteiger partial charge >= 0.3 is 0 Å². The molecule has 0 heterocycles. The molecule has 1 nitrogen and oxygen atoms in total. The highest BCUT2D eigenvalue weighted by Crippen LogP contribution is 2.28. The van der Waals surface area contributed by atoms with E-state index in [4.69, 9.17) is 11.6 Å². The second-order valence-corrected chi connectivity index (χ2v) is 3.88. The summed E-state index contributed by atoms with van der Waals surface area (Å²) in [6.07, 6.45) is 4.62. The van der Waals surface area contributed by atoms with Crippen LogP contribution in [0.25, 0.3) is 0 Å². The zero-order valence-electron chi connectivity index (χ0n) is 7.06. The van der Waals surface area contributed by atoms with E-state index in [1.165, 1.54) is 19.3 Å². The van der Waals surface area contributed by atoms with E-state index >= 15 is 0 Å². The van der Waals surface area contributed by atoms with Gasteiger partial charge in [-0.05, 0) is 23.9 Å². The standard InChI is InChI=1S/C9H14ClFO/c10-9(12)8(11)6-7-4-2-1-3-5-7/h7-8H,1-6H2. The maximum absolute atomic E-state index is 12.8. The van der Waals surface area contributed by atoms with Crippen LogP contribution in [-0.2, 0) is 4.79 Å². The van der Waals surface area contributed by atoms with Crippen LogP contribution in [0.2, 0.25) is 0 Å². The molecular weight excluding hydrogens is 179 g/mol. The number of halogens is 2. The summed E-state index contributed by atoms with van der Waals surface area (Å²) in [5, 5.41) is -0.833. The van der Waals surface area contributed by atoms with Gasteiger partial charge < -0.3 is 0 Å². The Morgan fingerprint density at radius 2 is 2.00 bits per heavy atom. The molecule has 0 aromatic carbocycles. The zero-order chi connectivity index (χ0) is 8.97. The molecule has 1 unspecified atom stereocenters. The molecule has 1 fully saturated rings. The van der Waals surface area contributed by atoms with Crippen LogP contribution in [0.3, 0.4) is 0 Å². The lowest BCUT2D eigenvalue weighted by Crippen LogP contribution is -2.17. The average Bonchev–Trinajstić information content (AvgIpc) is 2.06. The molecule has 1 rings (SSSR count). The molecule has 1 aliphatic carbocycles. The molecule has 0 amide bonds. The number of hydrogen-bond donors (Lipinski definition) is 0. The molecule has 1 saturated carbocycles. The normalized spacial score (nSPS) is 22.2. The minimum atomic E-state index is -1.44. The molecule has 0 radical (unpaired) electrons. The van der Waals surface area contributed by atoms with E-state index < -0.39 is 11.4 Å². The zero-order valence-corrected chi connectivity index (χ0v) is 7.82. The first kappa shape index (κ1) is 9.97. The van der Waals surface area contributed by atoms with Gasteiger partial charge in [-0.25, -0.2) is 4.39 Å². The third-order valence-corrected chi connectivity index (χ3v) is 2.75. The number of hydrogen-bond acceptors (Lipinski definition) is 1. The van der Waals surface area contributed by atoms with Crippen molar-refractivity contribution in [1.82, 2.24) is 0 Å². The first-order chi connectivity index (χ1) is 5.70. The van der Waals surface area contributed by atoms with Gasteiger partial charge in [0.15, 0.2) is 6.17 Å². The molecule has 70 valence electrons. The van der Waals surface area contributed by atoms with E-state index in [9.17, 15) is 9.18 Å². The maximum Gasteiger partial charge on any atom is 0.255 e. The molecule has 1 atom stereocenters. The van der Waals surface area contributed by atoms with Crippen molar-refractivity contribution in [2.75, 3.05) is 0 Å². The van der Waals surface area contributed by atoms with Crippen molar-refractivity contribution in [3.63, 3.8) is 0 Å². The topological polar surface area (TPSA) is 17.1 Å². The Balaban J connectivity index is 2.24. The molecular formula is C9H14ClFO. The molecule has 12 heavy (non-hydrogen) atoms. The highest BCUT2D eigenvalue weighted by molar-refractivity contribution is 6.64. The monoisotopic (exact) mass is 192 g/mol. The predicted octanol–water partition coefficient (Wildman–Crippen LogP) is 3.06. The molecule has 0 N–H and O–H groups in total. The Morgan fingerprint density at radius 1 is 1.42 bits per heavy atom. The van der Waals surface area contributed by atoms with Gasteiger partial charge in [-0.3, -0.25) is 4.79 Å². The highest BCUT2D eigenvalue weighted by atomic mass is 35.5. The van der Waals surface area contributed by atoms with Gasteiger partial charge in [0, 0.05) is 0 Å². The maximum atomic E-state index is 12.8. The van der Waals surface area contributed by atoms with Crippen molar-refractivity contribution >= 4 is 16.8 Å². The molecule has 0 aliphatic heterocycles. The van der Waals surface area contributed by atoms with Crippen molar-refractivity contribution in [3.8, 4) is 0 Å². The summed E-state index contributed by atoms with van der Waals surface area (Å²) in [5.41, 5.74) is 0. The van der Waals surface area contributed by atoms with E-state index in [1.807, 2.05) is 0 Å². The van der Waals surface area contributed by atoms with Gasteiger partial charge in [0.05, 0.1) is 0 Å². The van der Waals surface area contributed by atoms with E-state index in [2.05, 4.69) is 0 Å². The molecule has 0 saturated heterocycles. The Morgan fingerprint density at radius 3 is 2.50 bits per heavy atom. The van der Waals surface area contributed by atoms with Gasteiger partial charge in [-0.15, -0.1) is 0 Å². The number of rotatable bonds is 3. The second-order valence-electron chi connectivity index (χ2n) is 3.51. The lowest BCUT2D eigenvalue weighted by atomic mass is 9.86. The fourth-order valence-electron chi connectivity index (χ4n) is 1.81. The molecule has 0 bridgehead atoms. The molecule has 0 aromatic rings. The predicted molar refractivity (Wildman–Crippen MR) is 46.9 cm³/mol. The number of carbonyl (C=O) groups is 1. The Labute approximate surface area is 77.3 Å². The van der Waals surface area contributed by atoms with Gasteiger partial charge in [0.2, 0.25) is 0 Å². The SMILES string of the molecule is O=C(Cl)C(F)CC1CCCCC1. The van der Waals surface area contributed by atoms with E-state index in [1.54, 1.807) is 0 Å². The highest BCUT2D eigenvalue weighted by Gasteiger charge is 2.22. The summed E-state index contributed by atoms with van der Waals surface area (Å²) in [4.78, 5) is 10.4. The van der Waals surface area contributed by atoms with E-state index in [0.717, 1.165) is 12.8 Å². The van der Waals surface area contributed by atoms with Crippen molar-refractivity contribution in [2.24, 2.45) is 5.92 Å². The third-order valence-electron chi connectivity index (χ3n) is 2.51. The summed E-state index contributed by atoms with van der Waals surface area (Å²) in [6, 6.07) is 0. The van der Waals surface area contributed by atoms with E-state index in [0.29, 0.717) is 12.3 Å². The van der Waals surface area contributed by atoms with E-state index in [-0.39, 0.29) is 0 Å². The molecule has 3 heteroatoms. The summed E-state index contributed by atoms with van der Waals surface area (Å²) in [7, 11) is 0. The van der Waals surface area contributed by atoms with Crippen LogP contribution in [0.5, 0.6) is 0 Å². The molecule has 0 spiro atoms. The first-order valence-corrected chi connectivity index (χ1v) is 4.91. The first-order valence-electron chi connectivity index (χ1n) is 4.53. The van der Waals surface area contributed by atoms with Crippen LogP contribution in [-0.4, -0.2) is 11.4 Å². The summed E-state index contributed by atoms with van der Waals surface area (Å²) in [5.74, 6) is 0.386. The summed E-state index contributed by atoms with van der Waals surface area (Å²) >= 11 is 5.03. The smallest absolute Gasteiger partial charge is 0.255 e. The minimum Gasteiger partial charge on any atom is -0.278 e. The van der Waals surface area contributed by atoms with Crippen LogP contribution in [0, 0.1) is 5.92 Å². The largest absolute Gasteiger partial charge is 0.278 e. The van der Waals surface area contributed by atoms with Gasteiger partial charge in [0.1, 0.15) is 0 Å². The van der Waals surface area contributed by atoms with Crippen LogP contribution in [0.15, 0.2) is 0 Å². The van der Waals surface area contributed by atoms with Crippen LogP contribution in [0.1, 0.15) is 38.5 Å². The van der Waals surface area contributed by atoms with Crippen LogP contribution >= 0.6 is 11.6 Å². The van der Waals surface area contributed by atoms with Crippen molar-refractivity contribution in [2.45, 2.75) is 44.7 Å². The minimum absolute atomic E-state index is 0.336. The summed E-state index contributed by atoms with van der Waals surface area (Å²) < 4.78 is 12.8. The third kappa shape index (κ3) is 3.10. The number of carbonyl (C=O) groups excluding carboxylic acids is 1. The van der Waals surface area contributed by atoms with Gasteiger partial charge in [0.25, 0.3) is 5.24 Å². The van der Waals surface area contributed by atoms with Gasteiger partial charge in [-0.2, -0.15) is 0 Å². The fourth-order valence-corrected chi connectivity index (χ4v) is 1.90. The Kier molecular flexibility index (Phi) is 3.99. The lowest BCUT2D eigenvalue weighted by molar-refractivity contribution is -0.116. The van der Waals surface area contributed by atoms with Crippen LogP contribution in [0.4, 0.5) is 4.39 Å². The second kappa shape index (κ2) is 4.80. The van der Waals surface area contributed by atoms with Crippen LogP contribution < -0.4 is 0 Å². The summed E-state index contributed by atoms with van der Waals surface area (Å²) in [6.45, 7) is 0. The fraction of sp³-hybridized carbons (Fsp3) is 0.889. The van der Waals surface area contributed by atoms with Crippen molar-refractivity contribution in [1.29, 1.82) is 0 Å². The van der Waals surface area contributed by atoms with Crippen molar-refractivity contribution in [3.05, 3.63) is 0 Å². The molecule has 0 aromatic heterocycles. The Hall–Kier alpha value is -0.110. The Bertz CT molecular complexity index is 155. The average molecular weight is 193 g/mol. The van der Waals surface area contributed by atoms with Gasteiger partial charge in [-0.1, -0.05) is 32.1 Å². The number of alkyl halides is 1. The van der Waals surface area contributed by atoms with Crippen molar-refractivity contribution < 1.29 is 9.18 Å². The lowest BCUT2D eigenvalue weighted by Gasteiger charge is -2.21. The quantitative estimate of drug-likeness (QED) is 0.629.